The number of amides is 2. The maximum Gasteiger partial charge on any atom is 0.240 e. The fourth-order valence-corrected chi connectivity index (χ4v) is 4.67. The normalized spacial score (nSPS) is 27.6. The van der Waals surface area contributed by atoms with Crippen LogP contribution in [0, 0.1) is 17.7 Å². The Balaban J connectivity index is 1.65. The number of imide groups is 1. The number of nitrogens with zero attached hydrogens (tertiary/aromatic N) is 3. The molecular weight excluding hydrogens is 361 g/mol. The van der Waals surface area contributed by atoms with Crippen LogP contribution in [0.3, 0.4) is 0 Å². The van der Waals surface area contributed by atoms with Gasteiger partial charge in [0.25, 0.3) is 0 Å². The number of hydrogen-bond acceptors (Lipinski definition) is 5. The van der Waals surface area contributed by atoms with Gasteiger partial charge in [-0.15, -0.1) is 0 Å². The van der Waals surface area contributed by atoms with Gasteiger partial charge in [-0.25, -0.2) is 9.29 Å². The van der Waals surface area contributed by atoms with E-state index in [0.29, 0.717) is 5.69 Å². The van der Waals surface area contributed by atoms with Crippen LogP contribution in [-0.2, 0) is 14.4 Å². The zero-order valence-electron chi connectivity index (χ0n) is 14.9. The number of anilines is 1. The molecule has 5 rings (SSSR count). The Bertz CT molecular complexity index is 1050. The summed E-state index contributed by atoms with van der Waals surface area (Å²) in [6, 6.07) is 11.5. The maximum absolute atomic E-state index is 13.3. The molecule has 0 spiro atoms. The van der Waals surface area contributed by atoms with Gasteiger partial charge >= 0.3 is 0 Å². The van der Waals surface area contributed by atoms with Crippen molar-refractivity contribution in [2.75, 3.05) is 4.90 Å². The van der Waals surface area contributed by atoms with E-state index in [9.17, 15) is 18.8 Å². The minimum atomic E-state index is -0.816. The summed E-state index contributed by atoms with van der Waals surface area (Å²) in [5, 5.41) is 6.02. The number of ketones is 1. The van der Waals surface area contributed by atoms with Gasteiger partial charge in [0.15, 0.2) is 5.78 Å². The van der Waals surface area contributed by atoms with Crippen LogP contribution < -0.4 is 4.90 Å². The fourth-order valence-electron chi connectivity index (χ4n) is 4.67. The molecule has 3 aliphatic heterocycles. The van der Waals surface area contributed by atoms with Crippen molar-refractivity contribution in [1.82, 2.24) is 5.01 Å². The van der Waals surface area contributed by atoms with Crippen LogP contribution in [0.2, 0.25) is 0 Å². The van der Waals surface area contributed by atoms with E-state index < -0.39 is 35.6 Å². The van der Waals surface area contributed by atoms with Crippen molar-refractivity contribution in [2.45, 2.75) is 19.0 Å². The highest BCUT2D eigenvalue weighted by Gasteiger charge is 2.64. The Kier molecular flexibility index (Phi) is 3.49. The molecule has 2 saturated heterocycles. The summed E-state index contributed by atoms with van der Waals surface area (Å²) in [5.74, 6) is -3.02. The minimum Gasteiger partial charge on any atom is -0.298 e. The highest BCUT2D eigenvalue weighted by molar-refractivity contribution is 6.24. The van der Waals surface area contributed by atoms with Crippen LogP contribution in [0.1, 0.15) is 24.1 Å². The number of rotatable bonds is 2. The molecule has 0 radical (unpaired) electrons. The molecule has 0 N–H and O–H groups in total. The van der Waals surface area contributed by atoms with Crippen molar-refractivity contribution in [3.63, 3.8) is 0 Å². The minimum absolute atomic E-state index is 0.212. The first-order chi connectivity index (χ1) is 13.5. The number of fused-ring (bicyclic) bond motifs is 5. The van der Waals surface area contributed by atoms with Crippen molar-refractivity contribution in [3.05, 3.63) is 65.5 Å². The first kappa shape index (κ1) is 16.8. The Morgan fingerprint density at radius 3 is 2.39 bits per heavy atom. The number of hydrazone groups is 1. The summed E-state index contributed by atoms with van der Waals surface area (Å²) in [5.41, 5.74) is 2.05. The van der Waals surface area contributed by atoms with E-state index >= 15 is 0 Å². The lowest BCUT2D eigenvalue weighted by Gasteiger charge is -2.33. The van der Waals surface area contributed by atoms with Crippen LogP contribution in [0.25, 0.3) is 0 Å². The number of hydrogen-bond donors (Lipinski definition) is 0. The predicted molar refractivity (Wildman–Crippen MR) is 99.0 cm³/mol. The van der Waals surface area contributed by atoms with Crippen LogP contribution in [0.4, 0.5) is 10.1 Å². The Hall–Kier alpha value is -3.35. The smallest absolute Gasteiger partial charge is 0.240 e. The first-order valence-electron chi connectivity index (χ1n) is 9.04. The topological polar surface area (TPSA) is 70.0 Å². The molecule has 0 saturated carbocycles. The highest BCUT2D eigenvalue weighted by atomic mass is 19.1. The molecule has 0 aliphatic carbocycles. The first-order valence-corrected chi connectivity index (χ1v) is 9.04. The quantitative estimate of drug-likeness (QED) is 0.753. The van der Waals surface area contributed by atoms with Crippen molar-refractivity contribution in [2.24, 2.45) is 16.9 Å². The fraction of sp³-hybridized carbons (Fsp3) is 0.238. The third-order valence-corrected chi connectivity index (χ3v) is 5.79. The Morgan fingerprint density at radius 1 is 1.00 bits per heavy atom. The average molecular weight is 377 g/mol. The molecule has 0 aromatic heterocycles. The van der Waals surface area contributed by atoms with Crippen LogP contribution in [0.5, 0.6) is 0 Å². The molecule has 7 heteroatoms. The monoisotopic (exact) mass is 377 g/mol. The van der Waals surface area contributed by atoms with E-state index in [0.717, 1.165) is 16.0 Å². The third kappa shape index (κ3) is 2.13. The van der Waals surface area contributed by atoms with Crippen LogP contribution >= 0.6 is 0 Å². The van der Waals surface area contributed by atoms with E-state index in [1.165, 1.54) is 31.2 Å². The summed E-state index contributed by atoms with van der Waals surface area (Å²) in [6.07, 6.45) is 1.66. The molecule has 2 aromatic rings. The lowest BCUT2D eigenvalue weighted by molar-refractivity contribution is -0.129. The summed E-state index contributed by atoms with van der Waals surface area (Å²) in [7, 11) is 0. The molecule has 2 aromatic carbocycles. The van der Waals surface area contributed by atoms with Gasteiger partial charge < -0.3 is 0 Å². The predicted octanol–water partition coefficient (Wildman–Crippen LogP) is 2.29. The standard InChI is InChI=1S/C21H16FN3O3/c1-11(26)18-16-17(19-15-5-3-2-4-12(15)10-23-25(18)19)21(28)24(20(16)27)14-8-6-13(22)7-9-14/h2-10,16-19H,1H3/t16-,17+,18+,19-/m1/s1. The van der Waals surface area contributed by atoms with Gasteiger partial charge in [0.05, 0.1) is 29.8 Å². The Morgan fingerprint density at radius 2 is 1.68 bits per heavy atom. The summed E-state index contributed by atoms with van der Waals surface area (Å²) < 4.78 is 13.3. The number of halogens is 1. The number of benzene rings is 2. The second-order valence-corrected chi connectivity index (χ2v) is 7.29. The van der Waals surface area contributed by atoms with Gasteiger partial charge in [-0.2, -0.15) is 5.10 Å². The molecule has 28 heavy (non-hydrogen) atoms. The van der Waals surface area contributed by atoms with E-state index in [2.05, 4.69) is 5.10 Å². The number of Topliss-reactive ketones (excluding diaryl/α,β-unsaturated/α-hetero) is 1. The Labute approximate surface area is 160 Å². The number of carbonyl (C=O) groups is 3. The molecule has 140 valence electrons. The van der Waals surface area contributed by atoms with E-state index in [4.69, 9.17) is 0 Å². The molecular formula is C21H16FN3O3. The van der Waals surface area contributed by atoms with Crippen molar-refractivity contribution < 1.29 is 18.8 Å². The van der Waals surface area contributed by atoms with E-state index in [1.54, 1.807) is 11.2 Å². The van der Waals surface area contributed by atoms with Crippen molar-refractivity contribution >= 4 is 29.5 Å². The SMILES string of the molecule is CC(=O)[C@H]1[C@@H]2C(=O)N(c3ccc(F)cc3)C(=O)[C@@H]2[C@H]2c3ccccc3C=NN21. The highest BCUT2D eigenvalue weighted by Crippen LogP contribution is 2.52. The molecule has 6 nitrogen and oxygen atoms in total. The van der Waals surface area contributed by atoms with Crippen LogP contribution in [-0.4, -0.2) is 34.9 Å². The number of carbonyl (C=O) groups excluding carboxylic acids is 3. The molecule has 2 amide bonds. The van der Waals surface area contributed by atoms with Gasteiger partial charge in [0, 0.05) is 0 Å². The second kappa shape index (κ2) is 5.82. The molecule has 2 fully saturated rings. The van der Waals surface area contributed by atoms with Gasteiger partial charge in [0.2, 0.25) is 11.8 Å². The average Bonchev–Trinajstić information content (AvgIpc) is 3.16. The summed E-state index contributed by atoms with van der Waals surface area (Å²) >= 11 is 0. The van der Waals surface area contributed by atoms with Gasteiger partial charge in [-0.3, -0.25) is 19.4 Å². The molecule has 4 atom stereocenters. The maximum atomic E-state index is 13.3. The lowest BCUT2D eigenvalue weighted by atomic mass is 9.84. The molecule has 0 bridgehead atoms. The molecule has 0 unspecified atom stereocenters. The summed E-state index contributed by atoms with van der Waals surface area (Å²) in [4.78, 5) is 40.1. The second-order valence-electron chi connectivity index (χ2n) is 7.29. The van der Waals surface area contributed by atoms with E-state index in [-0.39, 0.29) is 11.7 Å². The van der Waals surface area contributed by atoms with Gasteiger partial charge in [0.1, 0.15) is 11.9 Å². The van der Waals surface area contributed by atoms with E-state index in [1.807, 2.05) is 24.3 Å². The van der Waals surface area contributed by atoms with Crippen LogP contribution in [0.15, 0.2) is 53.6 Å². The third-order valence-electron chi connectivity index (χ3n) is 5.79. The molecule has 3 heterocycles. The lowest BCUT2D eigenvalue weighted by Crippen LogP contribution is -2.43. The largest absolute Gasteiger partial charge is 0.298 e. The zero-order valence-corrected chi connectivity index (χ0v) is 14.9. The van der Waals surface area contributed by atoms with Crippen molar-refractivity contribution in [3.8, 4) is 0 Å². The van der Waals surface area contributed by atoms with Crippen molar-refractivity contribution in [1.29, 1.82) is 0 Å². The molecule has 3 aliphatic rings. The van der Waals surface area contributed by atoms with Gasteiger partial charge in [-0.05, 0) is 42.3 Å². The zero-order chi connectivity index (χ0) is 19.6. The summed E-state index contributed by atoms with van der Waals surface area (Å²) in [6.45, 7) is 1.42. The van der Waals surface area contributed by atoms with Gasteiger partial charge in [-0.1, -0.05) is 24.3 Å².